The Balaban J connectivity index is 2.10. The zero-order chi connectivity index (χ0) is 15.4. The van der Waals surface area contributed by atoms with Crippen molar-refractivity contribution in [2.75, 3.05) is 11.1 Å². The van der Waals surface area contributed by atoms with E-state index in [4.69, 9.17) is 5.73 Å². The minimum absolute atomic E-state index is 0.0880. The van der Waals surface area contributed by atoms with E-state index in [0.29, 0.717) is 17.8 Å². The highest BCUT2D eigenvalue weighted by Gasteiger charge is 2.14. The molecule has 0 aliphatic heterocycles. The molecule has 0 saturated heterocycles. The molecule has 0 unspecified atom stereocenters. The van der Waals surface area contributed by atoms with Crippen molar-refractivity contribution in [1.82, 2.24) is 9.78 Å². The van der Waals surface area contributed by atoms with Crippen LogP contribution in [-0.2, 0) is 24.2 Å². The number of hydrogen-bond donors (Lipinski definition) is 2. The summed E-state index contributed by atoms with van der Waals surface area (Å²) in [6.45, 7) is 4.03. The molecule has 6 heteroatoms. The molecule has 21 heavy (non-hydrogen) atoms. The van der Waals surface area contributed by atoms with Crippen molar-refractivity contribution in [3.63, 3.8) is 0 Å². The topological polar surface area (TPSA) is 72.9 Å². The molecule has 0 radical (unpaired) electrons. The number of amides is 1. The lowest BCUT2D eigenvalue weighted by Gasteiger charge is -2.08. The summed E-state index contributed by atoms with van der Waals surface area (Å²) in [6, 6.07) is 5.63. The summed E-state index contributed by atoms with van der Waals surface area (Å²) in [5.74, 6) is -0.560. The van der Waals surface area contributed by atoms with Gasteiger partial charge < -0.3 is 11.1 Å². The van der Waals surface area contributed by atoms with Crippen LogP contribution in [0.5, 0.6) is 0 Å². The summed E-state index contributed by atoms with van der Waals surface area (Å²) in [5, 5.41) is 7.07. The van der Waals surface area contributed by atoms with Gasteiger partial charge in [-0.3, -0.25) is 9.48 Å². The maximum absolute atomic E-state index is 12.8. The Labute approximate surface area is 123 Å². The molecule has 0 spiro atoms. The van der Waals surface area contributed by atoms with Crippen LogP contribution in [0.25, 0.3) is 0 Å². The van der Waals surface area contributed by atoms with Gasteiger partial charge >= 0.3 is 0 Å². The summed E-state index contributed by atoms with van der Waals surface area (Å²) in [6.07, 6.45) is 1.44. The Morgan fingerprint density at radius 2 is 1.95 bits per heavy atom. The smallest absolute Gasteiger partial charge is 0.246 e. The fourth-order valence-electron chi connectivity index (χ4n) is 2.20. The number of nitrogens with zero attached hydrogens (tertiary/aromatic N) is 2. The predicted molar refractivity (Wildman–Crippen MR) is 80.4 cm³/mol. The van der Waals surface area contributed by atoms with E-state index in [9.17, 15) is 9.18 Å². The van der Waals surface area contributed by atoms with E-state index in [1.165, 1.54) is 24.3 Å². The summed E-state index contributed by atoms with van der Waals surface area (Å²) in [5.41, 5.74) is 8.90. The van der Waals surface area contributed by atoms with Gasteiger partial charge in [0.1, 0.15) is 12.4 Å². The average Bonchev–Trinajstić information content (AvgIpc) is 2.76. The van der Waals surface area contributed by atoms with Crippen molar-refractivity contribution >= 4 is 17.3 Å². The highest BCUT2D eigenvalue weighted by molar-refractivity contribution is 5.90. The van der Waals surface area contributed by atoms with Crippen LogP contribution >= 0.6 is 0 Å². The number of aromatic nitrogens is 2. The third kappa shape index (κ3) is 3.39. The van der Waals surface area contributed by atoms with E-state index >= 15 is 0 Å². The van der Waals surface area contributed by atoms with Gasteiger partial charge in [0.2, 0.25) is 5.91 Å². The summed E-state index contributed by atoms with van der Waals surface area (Å²) in [7, 11) is 0. The molecule has 0 aliphatic carbocycles. The number of nitrogen functional groups attached to an aromatic ring is 1. The molecule has 1 aromatic heterocycles. The molecular weight excluding hydrogens is 271 g/mol. The molecule has 3 N–H and O–H groups in total. The van der Waals surface area contributed by atoms with Gasteiger partial charge in [-0.05, 0) is 37.1 Å². The second kappa shape index (κ2) is 6.39. The lowest BCUT2D eigenvalue weighted by molar-refractivity contribution is -0.116. The van der Waals surface area contributed by atoms with Crippen LogP contribution < -0.4 is 11.1 Å². The van der Waals surface area contributed by atoms with E-state index in [1.807, 2.05) is 13.8 Å². The van der Waals surface area contributed by atoms with Gasteiger partial charge in [0.25, 0.3) is 0 Å². The van der Waals surface area contributed by atoms with E-state index in [0.717, 1.165) is 17.8 Å². The average molecular weight is 290 g/mol. The molecule has 2 rings (SSSR count). The number of nitrogens with two attached hydrogens (primary N) is 1. The van der Waals surface area contributed by atoms with Gasteiger partial charge in [0.15, 0.2) is 0 Å². The lowest BCUT2D eigenvalue weighted by Crippen LogP contribution is -2.21. The molecular formula is C15H19FN4O. The Kier molecular flexibility index (Phi) is 4.57. The molecule has 1 amide bonds. The molecule has 0 saturated carbocycles. The van der Waals surface area contributed by atoms with Crippen molar-refractivity contribution in [3.8, 4) is 0 Å². The van der Waals surface area contributed by atoms with E-state index in [1.54, 1.807) is 4.68 Å². The minimum Gasteiger partial charge on any atom is -0.396 e. The SMILES string of the molecule is CCc1nn(CC(=O)Nc2ccc(F)cc2)c(CC)c1N. The summed E-state index contributed by atoms with van der Waals surface area (Å²) in [4.78, 5) is 12.0. The molecule has 0 fully saturated rings. The monoisotopic (exact) mass is 290 g/mol. The normalized spacial score (nSPS) is 10.6. The molecule has 1 heterocycles. The number of carbonyl (C=O) groups excluding carboxylic acids is 1. The second-order valence-corrected chi connectivity index (χ2v) is 4.73. The van der Waals surface area contributed by atoms with Gasteiger partial charge in [-0.15, -0.1) is 0 Å². The van der Waals surface area contributed by atoms with Crippen LogP contribution in [-0.4, -0.2) is 15.7 Å². The molecule has 0 aliphatic rings. The van der Waals surface area contributed by atoms with Crippen LogP contribution in [0.15, 0.2) is 24.3 Å². The number of hydrogen-bond acceptors (Lipinski definition) is 3. The Bertz CT molecular complexity index is 634. The summed E-state index contributed by atoms with van der Waals surface area (Å²) >= 11 is 0. The van der Waals surface area contributed by atoms with E-state index < -0.39 is 0 Å². The molecule has 1 aromatic carbocycles. The van der Waals surface area contributed by atoms with Gasteiger partial charge in [-0.25, -0.2) is 4.39 Å². The van der Waals surface area contributed by atoms with Crippen molar-refractivity contribution in [1.29, 1.82) is 0 Å². The van der Waals surface area contributed by atoms with Crippen LogP contribution in [0.3, 0.4) is 0 Å². The molecule has 5 nitrogen and oxygen atoms in total. The van der Waals surface area contributed by atoms with Crippen molar-refractivity contribution in [2.45, 2.75) is 33.2 Å². The highest BCUT2D eigenvalue weighted by atomic mass is 19.1. The maximum atomic E-state index is 12.8. The third-order valence-electron chi connectivity index (χ3n) is 3.27. The van der Waals surface area contributed by atoms with Gasteiger partial charge in [-0.1, -0.05) is 13.8 Å². The Hall–Kier alpha value is -2.37. The van der Waals surface area contributed by atoms with Gasteiger partial charge in [0, 0.05) is 5.69 Å². The largest absolute Gasteiger partial charge is 0.396 e. The first kappa shape index (κ1) is 15.0. The molecule has 2 aromatic rings. The van der Waals surface area contributed by atoms with Gasteiger partial charge in [-0.2, -0.15) is 5.10 Å². The number of aryl methyl sites for hydroxylation is 1. The number of nitrogens with one attached hydrogen (secondary N) is 1. The van der Waals surface area contributed by atoms with Crippen LogP contribution in [0.1, 0.15) is 25.2 Å². The van der Waals surface area contributed by atoms with E-state index in [-0.39, 0.29) is 18.3 Å². The fourth-order valence-corrected chi connectivity index (χ4v) is 2.20. The van der Waals surface area contributed by atoms with Gasteiger partial charge in [0.05, 0.1) is 17.1 Å². The highest BCUT2D eigenvalue weighted by Crippen LogP contribution is 2.18. The summed E-state index contributed by atoms with van der Waals surface area (Å²) < 4.78 is 14.4. The second-order valence-electron chi connectivity index (χ2n) is 4.73. The first-order valence-corrected chi connectivity index (χ1v) is 6.94. The number of benzene rings is 1. The zero-order valence-electron chi connectivity index (χ0n) is 12.2. The quantitative estimate of drug-likeness (QED) is 0.888. The first-order valence-electron chi connectivity index (χ1n) is 6.94. The van der Waals surface area contributed by atoms with Crippen molar-refractivity contribution < 1.29 is 9.18 Å². The minimum atomic E-state index is -0.339. The van der Waals surface area contributed by atoms with E-state index in [2.05, 4.69) is 10.4 Å². The molecule has 0 bridgehead atoms. The van der Waals surface area contributed by atoms with Crippen LogP contribution in [0.4, 0.5) is 15.8 Å². The van der Waals surface area contributed by atoms with Crippen molar-refractivity contribution in [2.24, 2.45) is 0 Å². The molecule has 0 atom stereocenters. The number of halogens is 1. The maximum Gasteiger partial charge on any atom is 0.246 e. The zero-order valence-corrected chi connectivity index (χ0v) is 12.2. The third-order valence-corrected chi connectivity index (χ3v) is 3.27. The lowest BCUT2D eigenvalue weighted by atomic mass is 10.2. The number of carbonyl (C=O) groups is 1. The number of rotatable bonds is 5. The Morgan fingerprint density at radius 1 is 1.29 bits per heavy atom. The predicted octanol–water partition coefficient (Wildman–Crippen LogP) is 2.37. The Morgan fingerprint density at radius 3 is 2.52 bits per heavy atom. The fraction of sp³-hybridized carbons (Fsp3) is 0.333. The van der Waals surface area contributed by atoms with Crippen LogP contribution in [0, 0.1) is 5.82 Å². The van der Waals surface area contributed by atoms with Crippen molar-refractivity contribution in [3.05, 3.63) is 41.5 Å². The standard InChI is InChI=1S/C15H19FN4O/c1-3-12-15(17)13(4-2)20(19-12)9-14(21)18-11-7-5-10(16)6-8-11/h5-8H,3-4,9,17H2,1-2H3,(H,18,21). The van der Waals surface area contributed by atoms with Crippen LogP contribution in [0.2, 0.25) is 0 Å². The number of anilines is 2. The first-order chi connectivity index (χ1) is 10.0. The molecule has 112 valence electrons.